The molecule has 8 heteroatoms. The van der Waals surface area contributed by atoms with E-state index < -0.39 is 29.2 Å². The first kappa shape index (κ1) is 13.7. The number of aromatic nitrogens is 2. The van der Waals surface area contributed by atoms with Crippen molar-refractivity contribution in [3.05, 3.63) is 47.3 Å². The summed E-state index contributed by atoms with van der Waals surface area (Å²) in [6.07, 6.45) is 1.18. The Morgan fingerprint density at radius 2 is 2.05 bits per heavy atom. The molecule has 0 atom stereocenters. The summed E-state index contributed by atoms with van der Waals surface area (Å²) >= 11 is 0. The minimum absolute atomic E-state index is 0.247. The summed E-state index contributed by atoms with van der Waals surface area (Å²) in [5.41, 5.74) is -1.10. The average Bonchev–Trinajstić information content (AvgIpc) is 2.76. The Labute approximate surface area is 111 Å². The lowest BCUT2D eigenvalue weighted by Gasteiger charge is -2.05. The summed E-state index contributed by atoms with van der Waals surface area (Å²) in [5, 5.41) is 14.6. The molecule has 0 saturated heterocycles. The zero-order chi connectivity index (χ0) is 14.9. The van der Waals surface area contributed by atoms with Crippen LogP contribution in [0.15, 0.2) is 24.4 Å². The third kappa shape index (κ3) is 2.63. The molecule has 6 nitrogen and oxygen atoms in total. The molecule has 2 aromatic rings. The molecule has 0 radical (unpaired) electrons. The summed E-state index contributed by atoms with van der Waals surface area (Å²) in [4.78, 5) is 22.8. The number of hydrogen-bond donors (Lipinski definition) is 2. The molecule has 2 rings (SSSR count). The predicted octanol–water partition coefficient (Wildman–Crippen LogP) is 1.65. The Hall–Kier alpha value is -2.77. The van der Waals surface area contributed by atoms with E-state index in [0.29, 0.717) is 0 Å². The molecular weight excluding hydrogens is 272 g/mol. The fraction of sp³-hybridized carbons (Fsp3) is 0.0833. The van der Waals surface area contributed by atoms with E-state index in [4.69, 9.17) is 5.11 Å². The Kier molecular flexibility index (Phi) is 3.47. The van der Waals surface area contributed by atoms with E-state index in [1.54, 1.807) is 0 Å². The highest BCUT2D eigenvalue weighted by Crippen LogP contribution is 2.17. The molecule has 1 amide bonds. The second-order valence-electron chi connectivity index (χ2n) is 3.95. The largest absolute Gasteiger partial charge is 0.476 e. The zero-order valence-corrected chi connectivity index (χ0v) is 10.2. The number of rotatable bonds is 3. The normalized spacial score (nSPS) is 10.3. The van der Waals surface area contributed by atoms with Crippen LogP contribution in [-0.2, 0) is 7.05 Å². The highest BCUT2D eigenvalue weighted by Gasteiger charge is 2.21. The summed E-state index contributed by atoms with van der Waals surface area (Å²) in [7, 11) is 1.44. The van der Waals surface area contributed by atoms with E-state index >= 15 is 0 Å². The van der Waals surface area contributed by atoms with E-state index in [9.17, 15) is 18.4 Å². The number of carbonyl (C=O) groups excluding carboxylic acids is 1. The van der Waals surface area contributed by atoms with Gasteiger partial charge >= 0.3 is 5.97 Å². The molecule has 104 valence electrons. The second kappa shape index (κ2) is 5.08. The van der Waals surface area contributed by atoms with Crippen molar-refractivity contribution in [2.24, 2.45) is 7.05 Å². The number of carboxylic acid groups (broad SMARTS) is 1. The topological polar surface area (TPSA) is 84.2 Å². The molecule has 2 N–H and O–H groups in total. The van der Waals surface area contributed by atoms with Gasteiger partial charge in [-0.25, -0.2) is 13.6 Å². The Bertz CT molecular complexity index is 697. The van der Waals surface area contributed by atoms with Gasteiger partial charge in [0.05, 0.1) is 11.3 Å². The number of anilines is 1. The van der Waals surface area contributed by atoms with Crippen molar-refractivity contribution in [1.82, 2.24) is 9.78 Å². The van der Waals surface area contributed by atoms with Crippen molar-refractivity contribution in [2.45, 2.75) is 0 Å². The standard InChI is InChI=1S/C12H9F2N3O3/c1-17-5-7(10(16-17)12(19)20)11(18)15-9-4-6(13)2-3-8(9)14/h2-5H,1H3,(H,15,18)(H,19,20). The van der Waals surface area contributed by atoms with Gasteiger partial charge < -0.3 is 10.4 Å². The van der Waals surface area contributed by atoms with Gasteiger partial charge in [-0.3, -0.25) is 9.48 Å². The first-order valence-corrected chi connectivity index (χ1v) is 5.42. The molecule has 1 aromatic carbocycles. The number of nitrogens with one attached hydrogen (secondary N) is 1. The van der Waals surface area contributed by atoms with Crippen LogP contribution in [0, 0.1) is 11.6 Å². The first-order valence-electron chi connectivity index (χ1n) is 5.42. The van der Waals surface area contributed by atoms with Gasteiger partial charge in [0, 0.05) is 19.3 Å². The molecule has 0 fully saturated rings. The third-order valence-corrected chi connectivity index (χ3v) is 2.45. The predicted molar refractivity (Wildman–Crippen MR) is 64.5 cm³/mol. The zero-order valence-electron chi connectivity index (χ0n) is 10.2. The summed E-state index contributed by atoms with van der Waals surface area (Å²) in [5.74, 6) is -3.85. The van der Waals surface area contributed by atoms with Gasteiger partial charge in [0.1, 0.15) is 11.6 Å². The van der Waals surface area contributed by atoms with Crippen molar-refractivity contribution < 1.29 is 23.5 Å². The maximum atomic E-state index is 13.4. The minimum Gasteiger partial charge on any atom is -0.476 e. The fourth-order valence-electron chi connectivity index (χ4n) is 1.60. The van der Waals surface area contributed by atoms with Gasteiger partial charge in [-0.2, -0.15) is 5.10 Å². The lowest BCUT2D eigenvalue weighted by Crippen LogP contribution is -2.16. The van der Waals surface area contributed by atoms with E-state index in [1.807, 2.05) is 0 Å². The highest BCUT2D eigenvalue weighted by atomic mass is 19.1. The lowest BCUT2D eigenvalue weighted by molar-refractivity contribution is 0.0685. The van der Waals surface area contributed by atoms with Gasteiger partial charge in [0.15, 0.2) is 5.69 Å². The van der Waals surface area contributed by atoms with Crippen LogP contribution in [0.1, 0.15) is 20.8 Å². The maximum absolute atomic E-state index is 13.4. The number of nitrogens with zero attached hydrogens (tertiary/aromatic N) is 2. The molecule has 0 aliphatic rings. The number of carbonyl (C=O) groups is 2. The number of hydrogen-bond acceptors (Lipinski definition) is 3. The van der Waals surface area contributed by atoms with Crippen molar-refractivity contribution in [1.29, 1.82) is 0 Å². The second-order valence-corrected chi connectivity index (χ2v) is 3.95. The van der Waals surface area contributed by atoms with E-state index in [0.717, 1.165) is 22.9 Å². The lowest BCUT2D eigenvalue weighted by atomic mass is 10.2. The first-order chi connectivity index (χ1) is 9.38. The smallest absolute Gasteiger partial charge is 0.357 e. The van der Waals surface area contributed by atoms with Crippen LogP contribution in [-0.4, -0.2) is 26.8 Å². The number of aromatic carboxylic acids is 1. The molecule has 0 unspecified atom stereocenters. The van der Waals surface area contributed by atoms with Crippen LogP contribution < -0.4 is 5.32 Å². The van der Waals surface area contributed by atoms with Crippen LogP contribution in [0.4, 0.5) is 14.5 Å². The van der Waals surface area contributed by atoms with Gasteiger partial charge in [0.25, 0.3) is 5.91 Å². The van der Waals surface area contributed by atoms with Crippen LogP contribution >= 0.6 is 0 Å². The van der Waals surface area contributed by atoms with Crippen LogP contribution in [0.5, 0.6) is 0 Å². The highest BCUT2D eigenvalue weighted by molar-refractivity contribution is 6.09. The summed E-state index contributed by atoms with van der Waals surface area (Å²) < 4.78 is 27.5. The van der Waals surface area contributed by atoms with Gasteiger partial charge in [0.2, 0.25) is 0 Å². The molecule has 1 heterocycles. The summed E-state index contributed by atoms with van der Waals surface area (Å²) in [6, 6.07) is 2.55. The van der Waals surface area contributed by atoms with Gasteiger partial charge in [-0.1, -0.05) is 0 Å². The monoisotopic (exact) mass is 281 g/mol. The SMILES string of the molecule is Cn1cc(C(=O)Nc2cc(F)ccc2F)c(C(=O)O)n1. The molecule has 0 bridgehead atoms. The third-order valence-electron chi connectivity index (χ3n) is 2.45. The van der Waals surface area contributed by atoms with Crippen LogP contribution in [0.25, 0.3) is 0 Å². The van der Waals surface area contributed by atoms with E-state index in [-0.39, 0.29) is 11.3 Å². The van der Waals surface area contributed by atoms with Gasteiger partial charge in [-0.15, -0.1) is 0 Å². The van der Waals surface area contributed by atoms with Crippen molar-refractivity contribution in [3.63, 3.8) is 0 Å². The van der Waals surface area contributed by atoms with Crippen molar-refractivity contribution >= 4 is 17.6 Å². The average molecular weight is 281 g/mol. The summed E-state index contributed by atoms with van der Waals surface area (Å²) in [6.45, 7) is 0. The molecule has 0 spiro atoms. The molecule has 0 aliphatic heterocycles. The Morgan fingerprint density at radius 3 is 2.70 bits per heavy atom. The number of halogens is 2. The molecule has 0 aliphatic carbocycles. The minimum atomic E-state index is -1.39. The van der Waals surface area contributed by atoms with Crippen molar-refractivity contribution in [2.75, 3.05) is 5.32 Å². The molecule has 1 aromatic heterocycles. The number of carboxylic acids is 1. The van der Waals surface area contributed by atoms with E-state index in [1.165, 1.54) is 13.2 Å². The molecule has 0 saturated carbocycles. The maximum Gasteiger partial charge on any atom is 0.357 e. The quantitative estimate of drug-likeness (QED) is 0.896. The Morgan fingerprint density at radius 1 is 1.35 bits per heavy atom. The van der Waals surface area contributed by atoms with Crippen molar-refractivity contribution in [3.8, 4) is 0 Å². The fourth-order valence-corrected chi connectivity index (χ4v) is 1.60. The van der Waals surface area contributed by atoms with Crippen LogP contribution in [0.3, 0.4) is 0 Å². The molecule has 20 heavy (non-hydrogen) atoms. The van der Waals surface area contributed by atoms with Gasteiger partial charge in [-0.05, 0) is 12.1 Å². The number of aryl methyl sites for hydroxylation is 1. The van der Waals surface area contributed by atoms with Crippen LogP contribution in [0.2, 0.25) is 0 Å². The molecular formula is C12H9F2N3O3. The Balaban J connectivity index is 2.33. The number of amides is 1. The number of benzene rings is 1. The van der Waals surface area contributed by atoms with E-state index in [2.05, 4.69) is 10.4 Å².